The molecule has 1 fully saturated rings. The second kappa shape index (κ2) is 3.91. The average Bonchev–Trinajstić information content (AvgIpc) is 2.61. The second-order valence-corrected chi connectivity index (χ2v) is 5.06. The lowest BCUT2D eigenvalue weighted by molar-refractivity contribution is -0.154. The van der Waals surface area contributed by atoms with Gasteiger partial charge in [0, 0.05) is 5.41 Å². The van der Waals surface area contributed by atoms with Crippen LogP contribution >= 0.6 is 0 Å². The third-order valence-corrected chi connectivity index (χ3v) is 2.51. The van der Waals surface area contributed by atoms with Gasteiger partial charge in [0.1, 0.15) is 0 Å². The Morgan fingerprint density at radius 2 is 1.75 bits per heavy atom. The molecule has 1 saturated heterocycles. The van der Waals surface area contributed by atoms with Crippen LogP contribution in [-0.4, -0.2) is 12.3 Å². The maximum Gasteiger partial charge on any atom is 0.342 e. The zero-order valence-electron chi connectivity index (χ0n) is 9.77. The average molecular weight is 220 g/mol. The van der Waals surface area contributed by atoms with E-state index in [0.717, 1.165) is 5.56 Å². The van der Waals surface area contributed by atoms with E-state index in [1.807, 2.05) is 51.1 Å². The summed E-state index contributed by atoms with van der Waals surface area (Å²) >= 11 is 0. The highest BCUT2D eigenvalue weighted by molar-refractivity contribution is 5.78. The first kappa shape index (κ1) is 11.1. The predicted molar refractivity (Wildman–Crippen MR) is 59.6 cm³/mol. The van der Waals surface area contributed by atoms with Crippen molar-refractivity contribution in [2.24, 2.45) is 5.41 Å². The molecule has 16 heavy (non-hydrogen) atoms. The van der Waals surface area contributed by atoms with Gasteiger partial charge in [-0.3, -0.25) is 0 Å². The fourth-order valence-corrected chi connectivity index (χ4v) is 1.60. The number of hydrogen-bond donors (Lipinski definition) is 0. The van der Waals surface area contributed by atoms with Crippen molar-refractivity contribution in [2.45, 2.75) is 33.2 Å². The Hall–Kier alpha value is -1.35. The summed E-state index contributed by atoms with van der Waals surface area (Å²) in [6, 6.07) is 9.42. The number of carbonyl (C=O) groups is 1. The molecule has 1 aromatic rings. The van der Waals surface area contributed by atoms with Gasteiger partial charge in [-0.25, -0.2) is 4.79 Å². The Balaban J connectivity index is 2.18. The Morgan fingerprint density at radius 1 is 1.12 bits per heavy atom. The Morgan fingerprint density at radius 3 is 2.25 bits per heavy atom. The maximum atomic E-state index is 11.7. The van der Waals surface area contributed by atoms with Crippen LogP contribution in [0.3, 0.4) is 0 Å². The first-order valence-electron chi connectivity index (χ1n) is 5.39. The van der Waals surface area contributed by atoms with Crippen molar-refractivity contribution in [3.63, 3.8) is 0 Å². The summed E-state index contributed by atoms with van der Waals surface area (Å²) in [5.41, 5.74) is 0.651. The number of carbonyl (C=O) groups excluding carboxylic acids is 1. The van der Waals surface area contributed by atoms with Gasteiger partial charge >= 0.3 is 5.97 Å². The Labute approximate surface area is 95.4 Å². The monoisotopic (exact) mass is 220 g/mol. The van der Waals surface area contributed by atoms with Gasteiger partial charge in [-0.15, -0.1) is 0 Å². The Kier molecular flexibility index (Phi) is 2.72. The highest BCUT2D eigenvalue weighted by Crippen LogP contribution is 2.35. The molecule has 1 heterocycles. The number of hydrogen-bond acceptors (Lipinski definition) is 3. The van der Waals surface area contributed by atoms with Gasteiger partial charge in [-0.2, -0.15) is 0 Å². The van der Waals surface area contributed by atoms with Crippen LogP contribution in [0.5, 0.6) is 0 Å². The standard InChI is InChI=1S/C13H16O3/c1-13(2,3)12-15-10(11(14)16-12)9-7-5-4-6-8-9/h4-8,10,12H,1-3H3. The molecule has 1 aliphatic rings. The topological polar surface area (TPSA) is 35.5 Å². The van der Waals surface area contributed by atoms with E-state index in [2.05, 4.69) is 0 Å². The van der Waals surface area contributed by atoms with E-state index in [0.29, 0.717) is 0 Å². The largest absolute Gasteiger partial charge is 0.433 e. The van der Waals surface area contributed by atoms with Gasteiger partial charge in [0.25, 0.3) is 0 Å². The van der Waals surface area contributed by atoms with Gasteiger partial charge in [0.05, 0.1) is 0 Å². The molecule has 0 aromatic heterocycles. The van der Waals surface area contributed by atoms with E-state index in [9.17, 15) is 4.79 Å². The van der Waals surface area contributed by atoms with Crippen molar-refractivity contribution in [2.75, 3.05) is 0 Å². The quantitative estimate of drug-likeness (QED) is 0.682. The lowest BCUT2D eigenvalue weighted by Crippen LogP contribution is -2.27. The molecule has 0 aliphatic carbocycles. The van der Waals surface area contributed by atoms with Crippen molar-refractivity contribution < 1.29 is 14.3 Å². The van der Waals surface area contributed by atoms with E-state index in [4.69, 9.17) is 9.47 Å². The third-order valence-electron chi connectivity index (χ3n) is 2.51. The molecule has 3 heteroatoms. The lowest BCUT2D eigenvalue weighted by Gasteiger charge is -2.24. The first-order valence-corrected chi connectivity index (χ1v) is 5.39. The van der Waals surface area contributed by atoms with Crippen molar-refractivity contribution >= 4 is 5.97 Å². The molecule has 86 valence electrons. The minimum Gasteiger partial charge on any atom is -0.433 e. The van der Waals surface area contributed by atoms with Crippen LogP contribution in [0, 0.1) is 5.41 Å². The van der Waals surface area contributed by atoms with Gasteiger partial charge in [0.15, 0.2) is 6.10 Å². The Bertz CT molecular complexity index is 378. The minimum absolute atomic E-state index is 0.195. The smallest absolute Gasteiger partial charge is 0.342 e. The maximum absolute atomic E-state index is 11.7. The van der Waals surface area contributed by atoms with Crippen LogP contribution < -0.4 is 0 Å². The van der Waals surface area contributed by atoms with Gasteiger partial charge in [-0.05, 0) is 5.56 Å². The normalized spacial score (nSPS) is 25.6. The van der Waals surface area contributed by atoms with E-state index in [-0.39, 0.29) is 11.4 Å². The zero-order valence-corrected chi connectivity index (χ0v) is 9.77. The second-order valence-electron chi connectivity index (χ2n) is 5.06. The van der Waals surface area contributed by atoms with Crippen LogP contribution in [0.25, 0.3) is 0 Å². The number of benzene rings is 1. The van der Waals surface area contributed by atoms with Gasteiger partial charge < -0.3 is 9.47 Å². The van der Waals surface area contributed by atoms with E-state index in [1.165, 1.54) is 0 Å². The van der Waals surface area contributed by atoms with Crippen LogP contribution in [0.1, 0.15) is 32.4 Å². The molecule has 1 aromatic carbocycles. The molecule has 2 atom stereocenters. The predicted octanol–water partition coefficient (Wildman–Crippen LogP) is 2.67. The summed E-state index contributed by atoms with van der Waals surface area (Å²) in [6.07, 6.45) is -1.05. The van der Waals surface area contributed by atoms with Crippen molar-refractivity contribution in [3.05, 3.63) is 35.9 Å². The van der Waals surface area contributed by atoms with Crippen molar-refractivity contribution in [3.8, 4) is 0 Å². The molecule has 1 aliphatic heterocycles. The molecule has 0 amide bonds. The van der Waals surface area contributed by atoms with E-state index in [1.54, 1.807) is 0 Å². The molecule has 0 radical (unpaired) electrons. The molecular weight excluding hydrogens is 204 g/mol. The van der Waals surface area contributed by atoms with E-state index < -0.39 is 12.4 Å². The molecule has 2 unspecified atom stereocenters. The summed E-state index contributed by atoms with van der Waals surface area (Å²) < 4.78 is 10.9. The van der Waals surface area contributed by atoms with Gasteiger partial charge in [-0.1, -0.05) is 51.1 Å². The SMILES string of the molecule is CC(C)(C)C1OC(=O)C(c2ccccc2)O1. The van der Waals surface area contributed by atoms with Crippen molar-refractivity contribution in [1.82, 2.24) is 0 Å². The molecule has 0 bridgehead atoms. The number of rotatable bonds is 1. The number of ether oxygens (including phenoxy) is 2. The van der Waals surface area contributed by atoms with Crippen LogP contribution in [-0.2, 0) is 14.3 Å². The molecule has 0 N–H and O–H groups in total. The van der Waals surface area contributed by atoms with E-state index >= 15 is 0 Å². The minimum atomic E-state index is -0.578. The summed E-state index contributed by atoms with van der Waals surface area (Å²) in [5.74, 6) is -0.300. The molecule has 2 rings (SSSR count). The van der Waals surface area contributed by atoms with Crippen LogP contribution in [0.4, 0.5) is 0 Å². The van der Waals surface area contributed by atoms with Crippen molar-refractivity contribution in [1.29, 1.82) is 0 Å². The fraction of sp³-hybridized carbons (Fsp3) is 0.462. The highest BCUT2D eigenvalue weighted by Gasteiger charge is 2.42. The number of esters is 1. The lowest BCUT2D eigenvalue weighted by atomic mass is 9.96. The zero-order chi connectivity index (χ0) is 11.8. The number of cyclic esters (lactones) is 1. The molecular formula is C13H16O3. The van der Waals surface area contributed by atoms with Gasteiger partial charge in [0.2, 0.25) is 6.29 Å². The first-order chi connectivity index (χ1) is 7.48. The van der Waals surface area contributed by atoms with Crippen LogP contribution in [0.15, 0.2) is 30.3 Å². The fourth-order valence-electron chi connectivity index (χ4n) is 1.60. The summed E-state index contributed by atoms with van der Waals surface area (Å²) in [7, 11) is 0. The van der Waals surface area contributed by atoms with Crippen LogP contribution in [0.2, 0.25) is 0 Å². The molecule has 3 nitrogen and oxygen atoms in total. The summed E-state index contributed by atoms with van der Waals surface area (Å²) in [4.78, 5) is 11.7. The molecule has 0 spiro atoms. The summed E-state index contributed by atoms with van der Waals surface area (Å²) in [6.45, 7) is 5.95. The third kappa shape index (κ3) is 2.09. The summed E-state index contributed by atoms with van der Waals surface area (Å²) in [5, 5.41) is 0. The molecule has 0 saturated carbocycles. The highest BCUT2D eigenvalue weighted by atomic mass is 16.8.